The summed E-state index contributed by atoms with van der Waals surface area (Å²) in [5.74, 6) is 0.106. The summed E-state index contributed by atoms with van der Waals surface area (Å²) >= 11 is 11.8. The number of carbonyl (C=O) groups excluding carboxylic acids is 1. The van der Waals surface area contributed by atoms with E-state index in [-0.39, 0.29) is 5.91 Å². The molecule has 0 unspecified atom stereocenters. The average Bonchev–Trinajstić information content (AvgIpc) is 2.47. The van der Waals surface area contributed by atoms with E-state index in [1.807, 2.05) is 24.3 Å². The number of nitrogens with one attached hydrogen (secondary N) is 1. The molecule has 1 amide bonds. The van der Waals surface area contributed by atoms with Crippen molar-refractivity contribution in [1.82, 2.24) is 5.43 Å². The van der Waals surface area contributed by atoms with Gasteiger partial charge in [0.25, 0.3) is 5.91 Å². The highest BCUT2D eigenvalue weighted by Crippen LogP contribution is 2.20. The van der Waals surface area contributed by atoms with Crippen LogP contribution in [-0.2, 0) is 0 Å². The summed E-state index contributed by atoms with van der Waals surface area (Å²) < 4.78 is 0. The lowest BCUT2D eigenvalue weighted by Crippen LogP contribution is -2.18. The van der Waals surface area contributed by atoms with Crippen LogP contribution in [0.1, 0.15) is 41.3 Å². The Labute approximate surface area is 139 Å². The Balaban J connectivity index is 2.01. The number of amides is 1. The molecule has 5 heteroatoms. The van der Waals surface area contributed by atoms with Crippen LogP contribution < -0.4 is 5.43 Å². The highest BCUT2D eigenvalue weighted by molar-refractivity contribution is 6.36. The first kappa shape index (κ1) is 16.5. The first-order valence-corrected chi connectivity index (χ1v) is 7.61. The molecule has 0 saturated heterocycles. The average molecular weight is 335 g/mol. The van der Waals surface area contributed by atoms with Gasteiger partial charge in [-0.2, -0.15) is 5.10 Å². The lowest BCUT2D eigenvalue weighted by Gasteiger charge is -2.05. The smallest absolute Gasteiger partial charge is 0.267 e. The van der Waals surface area contributed by atoms with Gasteiger partial charge in [-0.25, -0.2) is 5.43 Å². The van der Waals surface area contributed by atoms with Crippen molar-refractivity contribution in [2.75, 3.05) is 0 Å². The molecule has 3 nitrogen and oxygen atoms in total. The van der Waals surface area contributed by atoms with E-state index in [0.29, 0.717) is 21.5 Å². The molecule has 0 aliphatic rings. The highest BCUT2D eigenvalue weighted by Gasteiger charge is 2.09. The Hall–Kier alpha value is -1.84. The Kier molecular flexibility index (Phi) is 5.58. The minimum Gasteiger partial charge on any atom is -0.267 e. The van der Waals surface area contributed by atoms with E-state index < -0.39 is 0 Å². The Morgan fingerprint density at radius 1 is 1.14 bits per heavy atom. The van der Waals surface area contributed by atoms with Gasteiger partial charge in [-0.05, 0) is 35.2 Å². The second-order valence-electron chi connectivity index (χ2n) is 5.14. The van der Waals surface area contributed by atoms with Crippen molar-refractivity contribution in [3.63, 3.8) is 0 Å². The molecule has 0 atom stereocenters. The minimum atomic E-state index is -0.378. The molecule has 2 rings (SSSR count). The van der Waals surface area contributed by atoms with Crippen LogP contribution in [0.2, 0.25) is 10.0 Å². The van der Waals surface area contributed by atoms with Gasteiger partial charge in [-0.15, -0.1) is 0 Å². The van der Waals surface area contributed by atoms with E-state index in [0.717, 1.165) is 5.56 Å². The van der Waals surface area contributed by atoms with Crippen LogP contribution >= 0.6 is 23.2 Å². The molecule has 0 aliphatic carbocycles. The topological polar surface area (TPSA) is 41.5 Å². The standard InChI is InChI=1S/C17H16Cl2N2O/c1-11(2)13-5-3-12(4-6-13)10-20-21-17(22)15-8-7-14(18)9-16(15)19/h3-11H,1-2H3,(H,21,22)/b20-10+. The third kappa shape index (κ3) is 4.33. The molecule has 2 aromatic rings. The minimum absolute atomic E-state index is 0.293. The fraction of sp³-hybridized carbons (Fsp3) is 0.176. The Morgan fingerprint density at radius 3 is 2.41 bits per heavy atom. The summed E-state index contributed by atoms with van der Waals surface area (Å²) in [5, 5.41) is 4.71. The molecule has 1 N–H and O–H groups in total. The van der Waals surface area contributed by atoms with Gasteiger partial charge in [-0.1, -0.05) is 61.3 Å². The lowest BCUT2D eigenvalue weighted by atomic mass is 10.0. The number of hydrogen-bond donors (Lipinski definition) is 1. The first-order valence-electron chi connectivity index (χ1n) is 6.86. The van der Waals surface area contributed by atoms with Crippen molar-refractivity contribution in [2.45, 2.75) is 19.8 Å². The predicted octanol–water partition coefficient (Wildman–Crippen LogP) is 4.88. The number of halogens is 2. The number of benzene rings is 2. The first-order chi connectivity index (χ1) is 10.5. The van der Waals surface area contributed by atoms with Crippen molar-refractivity contribution < 1.29 is 4.79 Å². The largest absolute Gasteiger partial charge is 0.272 e. The predicted molar refractivity (Wildman–Crippen MR) is 92.1 cm³/mol. The second kappa shape index (κ2) is 7.43. The van der Waals surface area contributed by atoms with Crippen LogP contribution in [0, 0.1) is 0 Å². The third-order valence-electron chi connectivity index (χ3n) is 3.16. The van der Waals surface area contributed by atoms with Gasteiger partial charge >= 0.3 is 0 Å². The van der Waals surface area contributed by atoms with E-state index in [1.165, 1.54) is 11.6 Å². The van der Waals surface area contributed by atoms with Gasteiger partial charge in [0.1, 0.15) is 0 Å². The van der Waals surface area contributed by atoms with E-state index >= 15 is 0 Å². The van der Waals surface area contributed by atoms with Crippen molar-refractivity contribution in [3.8, 4) is 0 Å². The quantitative estimate of drug-likeness (QED) is 0.628. The van der Waals surface area contributed by atoms with Crippen molar-refractivity contribution in [1.29, 1.82) is 0 Å². The molecule has 0 aliphatic heterocycles. The van der Waals surface area contributed by atoms with Gasteiger partial charge in [-0.3, -0.25) is 4.79 Å². The van der Waals surface area contributed by atoms with Gasteiger partial charge in [0.05, 0.1) is 16.8 Å². The summed E-state index contributed by atoms with van der Waals surface area (Å²) in [6.07, 6.45) is 1.59. The summed E-state index contributed by atoms with van der Waals surface area (Å²) in [6, 6.07) is 12.7. The molecular formula is C17H16Cl2N2O. The van der Waals surface area contributed by atoms with Gasteiger partial charge in [0.2, 0.25) is 0 Å². The molecule has 22 heavy (non-hydrogen) atoms. The van der Waals surface area contributed by atoms with Gasteiger partial charge in [0.15, 0.2) is 0 Å². The molecule has 0 radical (unpaired) electrons. The van der Waals surface area contributed by atoms with Crippen molar-refractivity contribution >= 4 is 35.3 Å². The molecule has 0 fully saturated rings. The Bertz CT molecular complexity index is 694. The molecule has 114 valence electrons. The SMILES string of the molecule is CC(C)c1ccc(/C=N/NC(=O)c2ccc(Cl)cc2Cl)cc1. The van der Waals surface area contributed by atoms with Crippen LogP contribution in [0.5, 0.6) is 0 Å². The summed E-state index contributed by atoms with van der Waals surface area (Å²) in [7, 11) is 0. The van der Waals surface area contributed by atoms with Crippen LogP contribution in [0.4, 0.5) is 0 Å². The molecule has 0 saturated carbocycles. The number of carbonyl (C=O) groups is 1. The zero-order valence-electron chi connectivity index (χ0n) is 12.3. The molecule has 0 aromatic heterocycles. The second-order valence-corrected chi connectivity index (χ2v) is 5.99. The summed E-state index contributed by atoms with van der Waals surface area (Å²) in [6.45, 7) is 4.28. The maximum Gasteiger partial charge on any atom is 0.272 e. The number of rotatable bonds is 4. The maximum atomic E-state index is 12.0. The van der Waals surface area contributed by atoms with Gasteiger partial charge in [0, 0.05) is 5.02 Å². The highest BCUT2D eigenvalue weighted by atomic mass is 35.5. The zero-order valence-corrected chi connectivity index (χ0v) is 13.8. The van der Waals surface area contributed by atoms with Crippen LogP contribution in [0.3, 0.4) is 0 Å². The Morgan fingerprint density at radius 2 is 1.82 bits per heavy atom. The van der Waals surface area contributed by atoms with Crippen molar-refractivity contribution in [3.05, 3.63) is 69.2 Å². The summed E-state index contributed by atoms with van der Waals surface area (Å²) in [5.41, 5.74) is 4.95. The van der Waals surface area contributed by atoms with E-state index in [4.69, 9.17) is 23.2 Å². The number of hydrogen-bond acceptors (Lipinski definition) is 2. The fourth-order valence-electron chi connectivity index (χ4n) is 1.87. The number of nitrogens with zero attached hydrogens (tertiary/aromatic N) is 1. The molecule has 0 heterocycles. The zero-order chi connectivity index (χ0) is 16.1. The third-order valence-corrected chi connectivity index (χ3v) is 3.71. The number of hydrazone groups is 1. The van der Waals surface area contributed by atoms with Crippen LogP contribution in [0.15, 0.2) is 47.6 Å². The molecular weight excluding hydrogens is 319 g/mol. The van der Waals surface area contributed by atoms with Crippen LogP contribution in [-0.4, -0.2) is 12.1 Å². The van der Waals surface area contributed by atoms with Crippen LogP contribution in [0.25, 0.3) is 0 Å². The molecule has 0 bridgehead atoms. The monoisotopic (exact) mass is 334 g/mol. The van der Waals surface area contributed by atoms with Crippen molar-refractivity contribution in [2.24, 2.45) is 5.10 Å². The molecule has 2 aromatic carbocycles. The molecule has 0 spiro atoms. The van der Waals surface area contributed by atoms with E-state index in [1.54, 1.807) is 18.3 Å². The van der Waals surface area contributed by atoms with Gasteiger partial charge < -0.3 is 0 Å². The van der Waals surface area contributed by atoms with E-state index in [2.05, 4.69) is 24.4 Å². The van der Waals surface area contributed by atoms with E-state index in [9.17, 15) is 4.79 Å². The maximum absolute atomic E-state index is 12.0. The fourth-order valence-corrected chi connectivity index (χ4v) is 2.36. The normalized spacial score (nSPS) is 11.1. The summed E-state index contributed by atoms with van der Waals surface area (Å²) in [4.78, 5) is 12.0. The lowest BCUT2D eigenvalue weighted by molar-refractivity contribution is 0.0955.